The molecule has 2 heterocycles. The van der Waals surface area contributed by atoms with Gasteiger partial charge in [-0.1, -0.05) is 25.1 Å². The largest absolute Gasteiger partial charge is 0.416 e. The first-order valence-electron chi connectivity index (χ1n) is 9.85. The van der Waals surface area contributed by atoms with Gasteiger partial charge in [-0.25, -0.2) is 4.79 Å². The molecule has 1 N–H and O–H groups in total. The molecule has 0 aliphatic carbocycles. The Morgan fingerprint density at radius 3 is 2.28 bits per heavy atom. The van der Waals surface area contributed by atoms with E-state index in [4.69, 9.17) is 4.74 Å². The molecule has 170 valence electrons. The molecule has 32 heavy (non-hydrogen) atoms. The van der Waals surface area contributed by atoms with Crippen LogP contribution in [-0.2, 0) is 23.5 Å². The van der Waals surface area contributed by atoms with Crippen molar-refractivity contribution >= 4 is 22.6 Å². The second-order valence-electron chi connectivity index (χ2n) is 7.46. The van der Waals surface area contributed by atoms with Crippen molar-refractivity contribution in [2.45, 2.75) is 38.2 Å². The van der Waals surface area contributed by atoms with E-state index >= 15 is 0 Å². The maximum atomic E-state index is 13.2. The van der Waals surface area contributed by atoms with Gasteiger partial charge in [-0.2, -0.15) is 26.3 Å². The number of halogens is 6. The van der Waals surface area contributed by atoms with Crippen molar-refractivity contribution in [3.8, 4) is 0 Å². The SMILES string of the molecule is CCC1OCCc2c1n(C(=O)Nc1cc(C(F)(F)F)cc(C(F)(F)F)c1)c1ccccc21. The molecule has 10 heteroatoms. The Hall–Kier alpha value is -3.01. The third kappa shape index (κ3) is 3.94. The van der Waals surface area contributed by atoms with Crippen LogP contribution in [0.25, 0.3) is 10.9 Å². The smallest absolute Gasteiger partial charge is 0.372 e. The lowest BCUT2D eigenvalue weighted by Gasteiger charge is -2.25. The van der Waals surface area contributed by atoms with Gasteiger partial charge in [0.2, 0.25) is 0 Å². The van der Waals surface area contributed by atoms with Crippen LogP contribution >= 0.6 is 0 Å². The van der Waals surface area contributed by atoms with Crippen molar-refractivity contribution in [3.05, 3.63) is 64.8 Å². The van der Waals surface area contributed by atoms with Gasteiger partial charge in [-0.05, 0) is 42.7 Å². The number of nitrogens with zero attached hydrogens (tertiary/aromatic N) is 1. The Morgan fingerprint density at radius 1 is 1.06 bits per heavy atom. The fourth-order valence-electron chi connectivity index (χ4n) is 4.05. The molecule has 1 aromatic heterocycles. The molecule has 1 aliphatic heterocycles. The number of carbonyl (C=O) groups is 1. The first-order chi connectivity index (χ1) is 15.0. The number of carbonyl (C=O) groups excluding carboxylic acids is 1. The Balaban J connectivity index is 1.82. The quantitative estimate of drug-likeness (QED) is 0.432. The highest BCUT2D eigenvalue weighted by molar-refractivity contribution is 6.01. The second kappa shape index (κ2) is 7.84. The number of hydrogen-bond acceptors (Lipinski definition) is 2. The number of alkyl halides is 6. The van der Waals surface area contributed by atoms with Crippen LogP contribution in [0.15, 0.2) is 42.5 Å². The maximum absolute atomic E-state index is 13.2. The number of aromatic nitrogens is 1. The van der Waals surface area contributed by atoms with E-state index in [1.54, 1.807) is 18.2 Å². The summed E-state index contributed by atoms with van der Waals surface area (Å²) >= 11 is 0. The van der Waals surface area contributed by atoms with Crippen molar-refractivity contribution in [3.63, 3.8) is 0 Å². The summed E-state index contributed by atoms with van der Waals surface area (Å²) in [5.74, 6) is 0. The Morgan fingerprint density at radius 2 is 1.69 bits per heavy atom. The minimum atomic E-state index is -5.01. The molecule has 0 spiro atoms. The van der Waals surface area contributed by atoms with Gasteiger partial charge in [0.05, 0.1) is 35.0 Å². The van der Waals surface area contributed by atoms with Crippen LogP contribution in [0.2, 0.25) is 0 Å². The fourth-order valence-corrected chi connectivity index (χ4v) is 4.05. The number of hydrogen-bond donors (Lipinski definition) is 1. The second-order valence-corrected chi connectivity index (χ2v) is 7.46. The summed E-state index contributed by atoms with van der Waals surface area (Å²) in [5, 5.41) is 3.02. The molecule has 0 fully saturated rings. The first-order valence-corrected chi connectivity index (χ1v) is 9.85. The number of amides is 1. The van der Waals surface area contributed by atoms with Crippen molar-refractivity contribution in [1.82, 2.24) is 4.57 Å². The zero-order chi connectivity index (χ0) is 23.3. The summed E-state index contributed by atoms with van der Waals surface area (Å²) in [5.41, 5.74) is -1.67. The molecular formula is C22H18F6N2O2. The Kier molecular flexibility index (Phi) is 5.44. The number of nitrogens with one attached hydrogen (secondary N) is 1. The monoisotopic (exact) mass is 456 g/mol. The molecule has 1 amide bonds. The summed E-state index contributed by atoms with van der Waals surface area (Å²) in [6, 6.07) is 7.12. The van der Waals surface area contributed by atoms with E-state index in [1.165, 1.54) is 4.57 Å². The average molecular weight is 456 g/mol. The van der Waals surface area contributed by atoms with Crippen LogP contribution in [-0.4, -0.2) is 17.2 Å². The molecule has 2 aromatic carbocycles. The lowest BCUT2D eigenvalue weighted by atomic mass is 10.0. The molecule has 1 atom stereocenters. The Labute approximate surface area is 178 Å². The minimum Gasteiger partial charge on any atom is -0.372 e. The lowest BCUT2D eigenvalue weighted by molar-refractivity contribution is -0.143. The van der Waals surface area contributed by atoms with Crippen LogP contribution < -0.4 is 5.32 Å². The number of fused-ring (bicyclic) bond motifs is 3. The number of rotatable bonds is 2. The van der Waals surface area contributed by atoms with Gasteiger partial charge in [0.1, 0.15) is 0 Å². The topological polar surface area (TPSA) is 43.3 Å². The zero-order valence-corrected chi connectivity index (χ0v) is 16.8. The van der Waals surface area contributed by atoms with E-state index in [2.05, 4.69) is 5.32 Å². The molecule has 0 saturated heterocycles. The summed E-state index contributed by atoms with van der Waals surface area (Å²) in [6.45, 7) is 2.31. The van der Waals surface area contributed by atoms with Crippen LogP contribution in [0.4, 0.5) is 36.8 Å². The molecule has 1 aliphatic rings. The normalized spacial score (nSPS) is 16.8. The number of benzene rings is 2. The molecular weight excluding hydrogens is 438 g/mol. The van der Waals surface area contributed by atoms with E-state index in [1.807, 2.05) is 13.0 Å². The van der Waals surface area contributed by atoms with Gasteiger partial charge in [-0.3, -0.25) is 4.57 Å². The standard InChI is InChI=1S/C22H18F6N2O2/c1-2-18-19-16(7-8-32-18)15-5-3-4-6-17(15)30(19)20(31)29-14-10-12(21(23,24)25)9-13(11-14)22(26,27)28/h3-6,9-11,18H,2,7-8H2,1H3,(H,29,31). The molecule has 4 rings (SSSR count). The van der Waals surface area contributed by atoms with Crippen molar-refractivity contribution < 1.29 is 35.9 Å². The van der Waals surface area contributed by atoms with E-state index < -0.39 is 41.3 Å². The third-order valence-electron chi connectivity index (χ3n) is 5.41. The van der Waals surface area contributed by atoms with Gasteiger partial charge in [0, 0.05) is 11.1 Å². The predicted octanol–water partition coefficient (Wildman–Crippen LogP) is 6.78. The van der Waals surface area contributed by atoms with Gasteiger partial charge in [-0.15, -0.1) is 0 Å². The van der Waals surface area contributed by atoms with E-state index in [0.29, 0.717) is 42.8 Å². The van der Waals surface area contributed by atoms with Crippen LogP contribution in [0, 0.1) is 0 Å². The van der Waals surface area contributed by atoms with Gasteiger partial charge in [0.15, 0.2) is 0 Å². The van der Waals surface area contributed by atoms with Gasteiger partial charge in [0.25, 0.3) is 0 Å². The average Bonchev–Trinajstić information content (AvgIpc) is 3.07. The van der Waals surface area contributed by atoms with E-state index in [-0.39, 0.29) is 6.07 Å². The molecule has 3 aromatic rings. The van der Waals surface area contributed by atoms with Crippen LogP contribution in [0.1, 0.15) is 41.8 Å². The molecule has 1 unspecified atom stereocenters. The molecule has 4 nitrogen and oxygen atoms in total. The lowest BCUT2D eigenvalue weighted by Crippen LogP contribution is -2.26. The van der Waals surface area contributed by atoms with E-state index in [0.717, 1.165) is 10.9 Å². The predicted molar refractivity (Wildman–Crippen MR) is 105 cm³/mol. The van der Waals surface area contributed by atoms with Crippen LogP contribution in [0.3, 0.4) is 0 Å². The number of para-hydroxylation sites is 1. The highest BCUT2D eigenvalue weighted by Crippen LogP contribution is 2.39. The van der Waals surface area contributed by atoms with Crippen molar-refractivity contribution in [2.75, 3.05) is 11.9 Å². The maximum Gasteiger partial charge on any atom is 0.416 e. The van der Waals surface area contributed by atoms with Crippen molar-refractivity contribution in [1.29, 1.82) is 0 Å². The Bertz CT molecular complexity index is 1150. The van der Waals surface area contributed by atoms with E-state index in [9.17, 15) is 31.1 Å². The minimum absolute atomic E-state index is 0.0174. The fraction of sp³-hybridized carbons (Fsp3) is 0.318. The number of ether oxygens (including phenoxy) is 1. The summed E-state index contributed by atoms with van der Waals surface area (Å²) in [4.78, 5) is 13.2. The third-order valence-corrected chi connectivity index (χ3v) is 5.41. The van der Waals surface area contributed by atoms with Gasteiger partial charge >= 0.3 is 18.4 Å². The molecule has 0 bridgehead atoms. The number of anilines is 1. The van der Waals surface area contributed by atoms with Crippen molar-refractivity contribution in [2.24, 2.45) is 0 Å². The highest BCUT2D eigenvalue weighted by atomic mass is 19.4. The summed E-state index contributed by atoms with van der Waals surface area (Å²) in [6.07, 6.45) is -9.38. The molecule has 0 saturated carbocycles. The molecule has 0 radical (unpaired) electrons. The van der Waals surface area contributed by atoms with Gasteiger partial charge < -0.3 is 10.1 Å². The zero-order valence-electron chi connectivity index (χ0n) is 16.8. The first kappa shape index (κ1) is 22.2. The summed E-state index contributed by atoms with van der Waals surface area (Å²) < 4.78 is 86.1. The summed E-state index contributed by atoms with van der Waals surface area (Å²) in [7, 11) is 0. The highest BCUT2D eigenvalue weighted by Gasteiger charge is 2.37. The van der Waals surface area contributed by atoms with Crippen LogP contribution in [0.5, 0.6) is 0 Å².